The van der Waals surface area contributed by atoms with Crippen LogP contribution >= 0.6 is 11.8 Å². The molecule has 0 saturated heterocycles. The van der Waals surface area contributed by atoms with Gasteiger partial charge < -0.3 is 5.32 Å². The average Bonchev–Trinajstić information content (AvgIpc) is 3.28. The quantitative estimate of drug-likeness (QED) is 0.303. The number of aryl methyl sites for hydroxylation is 1. The number of rotatable bonds is 11. The fraction of sp³-hybridized carbons (Fsp3) is 0.393. The van der Waals surface area contributed by atoms with Crippen LogP contribution in [-0.2, 0) is 17.8 Å². The van der Waals surface area contributed by atoms with Crippen LogP contribution in [0.2, 0.25) is 0 Å². The van der Waals surface area contributed by atoms with Gasteiger partial charge in [-0.05, 0) is 49.3 Å². The zero-order valence-electron chi connectivity index (χ0n) is 20.2. The summed E-state index contributed by atoms with van der Waals surface area (Å²) >= 11 is 1.76. The number of aromatic nitrogens is 3. The molecule has 2 aliphatic rings. The number of nitrogens with one attached hydrogen (secondary N) is 1. The highest BCUT2D eigenvalue weighted by atomic mass is 32.2. The number of unbranched alkanes of at least 4 members (excludes halogenated alkanes) is 1. The zero-order valence-corrected chi connectivity index (χ0v) is 21.0. The van der Waals surface area contributed by atoms with E-state index in [0.717, 1.165) is 54.4 Å². The van der Waals surface area contributed by atoms with Crippen molar-refractivity contribution >= 4 is 17.7 Å². The molecule has 7 heteroatoms. The van der Waals surface area contributed by atoms with Crippen molar-refractivity contribution in [3.8, 4) is 0 Å². The van der Waals surface area contributed by atoms with Crippen LogP contribution in [0.1, 0.15) is 56.5 Å². The Morgan fingerprint density at radius 3 is 2.77 bits per heavy atom. The summed E-state index contributed by atoms with van der Waals surface area (Å²) in [6.45, 7) is 2.66. The van der Waals surface area contributed by atoms with E-state index >= 15 is 0 Å². The largest absolute Gasteiger partial charge is 0.352 e. The summed E-state index contributed by atoms with van der Waals surface area (Å²) in [7, 11) is 0. The molecule has 0 saturated carbocycles. The van der Waals surface area contributed by atoms with Gasteiger partial charge in [-0.25, -0.2) is 4.39 Å². The first-order valence-electron chi connectivity index (χ1n) is 12.4. The van der Waals surface area contributed by atoms with Crippen molar-refractivity contribution in [3.05, 3.63) is 89.6 Å². The molecule has 0 aliphatic heterocycles. The van der Waals surface area contributed by atoms with Crippen LogP contribution in [0.4, 0.5) is 4.39 Å². The maximum Gasteiger partial charge on any atom is 0.220 e. The van der Waals surface area contributed by atoms with E-state index in [0.29, 0.717) is 18.9 Å². The number of amides is 1. The van der Waals surface area contributed by atoms with Gasteiger partial charge in [0.15, 0.2) is 5.16 Å². The van der Waals surface area contributed by atoms with Crippen LogP contribution in [-0.4, -0.2) is 26.4 Å². The highest BCUT2D eigenvalue weighted by Gasteiger charge is 2.20. The Kier molecular flexibility index (Phi) is 9.12. The molecule has 2 aliphatic carbocycles. The summed E-state index contributed by atoms with van der Waals surface area (Å²) in [5, 5.41) is 13.0. The summed E-state index contributed by atoms with van der Waals surface area (Å²) in [6.07, 6.45) is 20.1. The zero-order chi connectivity index (χ0) is 24.5. The van der Waals surface area contributed by atoms with Gasteiger partial charge in [0.2, 0.25) is 5.91 Å². The van der Waals surface area contributed by atoms with Gasteiger partial charge in [-0.2, -0.15) is 0 Å². The van der Waals surface area contributed by atoms with Gasteiger partial charge in [-0.1, -0.05) is 78.9 Å². The number of allylic oxidation sites excluding steroid dienone is 7. The lowest BCUT2D eigenvalue weighted by Gasteiger charge is -2.20. The summed E-state index contributed by atoms with van der Waals surface area (Å²) < 4.78 is 15.3. The van der Waals surface area contributed by atoms with Crippen LogP contribution in [0.15, 0.2) is 77.5 Å². The van der Waals surface area contributed by atoms with Crippen molar-refractivity contribution in [2.24, 2.45) is 5.92 Å². The third-order valence-electron chi connectivity index (χ3n) is 6.22. The van der Waals surface area contributed by atoms with Crippen molar-refractivity contribution < 1.29 is 9.18 Å². The van der Waals surface area contributed by atoms with E-state index in [9.17, 15) is 9.18 Å². The minimum Gasteiger partial charge on any atom is -0.352 e. The van der Waals surface area contributed by atoms with Crippen molar-refractivity contribution in [2.45, 2.75) is 63.2 Å². The average molecular weight is 493 g/mol. The first-order chi connectivity index (χ1) is 17.1. The second kappa shape index (κ2) is 12.7. The standard InChI is InChI=1S/C28H33FN4OS/c1-21-8-7-9-23(18-21)20-35-28-32-31-26(33(28)25-10-3-2-4-11-25)12-5-6-13-27(34)30-19-22-14-16-24(29)17-15-22/h2-4,7-10,14-17,21,25H,5-6,11-13,18-20H2,1H3,(H,30,34). The molecule has 2 atom stereocenters. The van der Waals surface area contributed by atoms with E-state index in [1.165, 1.54) is 17.7 Å². The number of hydrogen-bond donors (Lipinski definition) is 1. The van der Waals surface area contributed by atoms with Gasteiger partial charge >= 0.3 is 0 Å². The van der Waals surface area contributed by atoms with Gasteiger partial charge in [0, 0.05) is 25.1 Å². The molecular formula is C28H33FN4OS. The Morgan fingerprint density at radius 1 is 1.14 bits per heavy atom. The van der Waals surface area contributed by atoms with Crippen molar-refractivity contribution in [1.82, 2.24) is 20.1 Å². The van der Waals surface area contributed by atoms with Crippen molar-refractivity contribution in [2.75, 3.05) is 5.75 Å². The molecule has 0 spiro atoms. The topological polar surface area (TPSA) is 59.8 Å². The highest BCUT2D eigenvalue weighted by molar-refractivity contribution is 7.99. The third kappa shape index (κ3) is 7.52. The van der Waals surface area contributed by atoms with E-state index in [1.807, 2.05) is 0 Å². The van der Waals surface area contributed by atoms with Gasteiger partial charge in [0.1, 0.15) is 11.6 Å². The highest BCUT2D eigenvalue weighted by Crippen LogP contribution is 2.30. The van der Waals surface area contributed by atoms with Crippen molar-refractivity contribution in [1.29, 1.82) is 0 Å². The third-order valence-corrected chi connectivity index (χ3v) is 7.28. The molecule has 4 rings (SSSR count). The molecule has 0 bridgehead atoms. The van der Waals surface area contributed by atoms with Gasteiger partial charge in [0.25, 0.3) is 0 Å². The van der Waals surface area contributed by atoms with E-state index in [1.54, 1.807) is 23.9 Å². The van der Waals surface area contributed by atoms with E-state index < -0.39 is 0 Å². The molecule has 1 aromatic carbocycles. The molecule has 1 N–H and O–H groups in total. The molecule has 35 heavy (non-hydrogen) atoms. The molecule has 0 radical (unpaired) electrons. The maximum absolute atomic E-state index is 13.0. The van der Waals surface area contributed by atoms with Crippen LogP contribution in [0.3, 0.4) is 0 Å². The number of benzene rings is 1. The molecule has 184 valence electrons. The smallest absolute Gasteiger partial charge is 0.220 e. The minimum absolute atomic E-state index is 0.0106. The number of hydrogen-bond acceptors (Lipinski definition) is 4. The molecule has 2 unspecified atom stereocenters. The molecule has 1 amide bonds. The van der Waals surface area contributed by atoms with Crippen LogP contribution in [0.5, 0.6) is 0 Å². The van der Waals surface area contributed by atoms with E-state index in [-0.39, 0.29) is 17.8 Å². The van der Waals surface area contributed by atoms with Crippen molar-refractivity contribution in [3.63, 3.8) is 0 Å². The maximum atomic E-state index is 13.0. The van der Waals surface area contributed by atoms with Gasteiger partial charge in [-0.15, -0.1) is 10.2 Å². The predicted molar refractivity (Wildman–Crippen MR) is 139 cm³/mol. The summed E-state index contributed by atoms with van der Waals surface area (Å²) in [6, 6.07) is 6.42. The Bertz CT molecular complexity index is 1120. The van der Waals surface area contributed by atoms with Crippen LogP contribution in [0, 0.1) is 11.7 Å². The molecule has 0 fully saturated rings. The monoisotopic (exact) mass is 492 g/mol. The molecule has 1 heterocycles. The number of carbonyl (C=O) groups is 1. The molecule has 1 aromatic heterocycles. The first-order valence-corrected chi connectivity index (χ1v) is 13.3. The van der Waals surface area contributed by atoms with E-state index in [4.69, 9.17) is 0 Å². The Morgan fingerprint density at radius 2 is 2.00 bits per heavy atom. The second-order valence-corrected chi connectivity index (χ2v) is 10.1. The lowest BCUT2D eigenvalue weighted by Crippen LogP contribution is -2.22. The lowest BCUT2D eigenvalue weighted by atomic mass is 9.97. The Balaban J connectivity index is 1.29. The Labute approximate surface area is 211 Å². The molecular weight excluding hydrogens is 459 g/mol. The number of carbonyl (C=O) groups excluding carboxylic acids is 1. The van der Waals surface area contributed by atoms with Gasteiger partial charge in [0.05, 0.1) is 6.04 Å². The van der Waals surface area contributed by atoms with E-state index in [2.05, 4.69) is 69.5 Å². The van der Waals surface area contributed by atoms with Crippen LogP contribution in [0.25, 0.3) is 0 Å². The number of halogens is 1. The SMILES string of the molecule is CC1C=CC=C(CSc2nnc(CCCCC(=O)NCc3ccc(F)cc3)n2C2C=CC=CC2)C1. The van der Waals surface area contributed by atoms with Crippen LogP contribution < -0.4 is 5.32 Å². The normalized spacial score (nSPS) is 19.1. The second-order valence-electron chi connectivity index (χ2n) is 9.18. The summed E-state index contributed by atoms with van der Waals surface area (Å²) in [5.41, 5.74) is 2.33. The predicted octanol–water partition coefficient (Wildman–Crippen LogP) is 6.12. The summed E-state index contributed by atoms with van der Waals surface area (Å²) in [4.78, 5) is 12.2. The number of nitrogens with zero attached hydrogens (tertiary/aromatic N) is 3. The van der Waals surface area contributed by atoms with Gasteiger partial charge in [-0.3, -0.25) is 9.36 Å². The summed E-state index contributed by atoms with van der Waals surface area (Å²) in [5.74, 6) is 2.23. The Hall–Kier alpha value is -2.93. The molecule has 5 nitrogen and oxygen atoms in total. The molecule has 2 aromatic rings. The fourth-order valence-corrected chi connectivity index (χ4v) is 5.33. The fourth-order valence-electron chi connectivity index (χ4n) is 4.32. The number of thioether (sulfide) groups is 1. The first kappa shape index (κ1) is 25.2. The minimum atomic E-state index is -0.271. The lowest BCUT2D eigenvalue weighted by molar-refractivity contribution is -0.121.